The minimum Gasteiger partial charge on any atom is -0.463 e. The molecule has 0 aromatic rings. The molecule has 0 amide bonds. The zero-order chi connectivity index (χ0) is 16.2. The Morgan fingerprint density at radius 3 is 2.57 bits per heavy atom. The van der Waals surface area contributed by atoms with Gasteiger partial charge in [-0.1, -0.05) is 20.3 Å². The van der Waals surface area contributed by atoms with Gasteiger partial charge in [-0.3, -0.25) is 4.79 Å². The molecule has 0 aliphatic heterocycles. The zero-order valence-electron chi connectivity index (χ0n) is 15.3. The summed E-state index contributed by atoms with van der Waals surface area (Å²) >= 11 is 0. The molecule has 0 radical (unpaired) electrons. The molecule has 0 aromatic heterocycles. The Morgan fingerprint density at radius 2 is 1.78 bits per heavy atom. The molecule has 23 heavy (non-hydrogen) atoms. The molecule has 0 heterocycles. The summed E-state index contributed by atoms with van der Waals surface area (Å²) in [6.07, 6.45) is 13.9. The zero-order valence-corrected chi connectivity index (χ0v) is 15.3. The van der Waals surface area contributed by atoms with Crippen molar-refractivity contribution in [3.05, 3.63) is 0 Å². The van der Waals surface area contributed by atoms with E-state index in [9.17, 15) is 4.79 Å². The Labute approximate surface area is 141 Å². The maximum Gasteiger partial charge on any atom is 0.302 e. The van der Waals surface area contributed by atoms with Gasteiger partial charge in [-0.2, -0.15) is 0 Å². The van der Waals surface area contributed by atoms with Gasteiger partial charge >= 0.3 is 5.97 Å². The molecule has 4 rings (SSSR count). The van der Waals surface area contributed by atoms with E-state index in [2.05, 4.69) is 13.8 Å². The summed E-state index contributed by atoms with van der Waals surface area (Å²) in [6.45, 7) is 6.75. The van der Waals surface area contributed by atoms with Crippen LogP contribution in [0.3, 0.4) is 0 Å². The quantitative estimate of drug-likeness (QED) is 0.609. The van der Waals surface area contributed by atoms with Crippen molar-refractivity contribution < 1.29 is 9.53 Å². The molecule has 0 spiro atoms. The molecular formula is C21H34O2. The monoisotopic (exact) mass is 318 g/mol. The maximum absolute atomic E-state index is 11.3. The minimum atomic E-state index is -0.0910. The van der Waals surface area contributed by atoms with Gasteiger partial charge in [-0.25, -0.2) is 0 Å². The van der Waals surface area contributed by atoms with Crippen LogP contribution in [-0.2, 0) is 9.53 Å². The van der Waals surface area contributed by atoms with E-state index in [1.807, 2.05) is 0 Å². The van der Waals surface area contributed by atoms with Crippen LogP contribution in [0.4, 0.5) is 0 Å². The van der Waals surface area contributed by atoms with Crippen molar-refractivity contribution >= 4 is 5.97 Å². The van der Waals surface area contributed by atoms with Crippen LogP contribution in [0.2, 0.25) is 0 Å². The van der Waals surface area contributed by atoms with Gasteiger partial charge in [-0.05, 0) is 92.3 Å². The summed E-state index contributed by atoms with van der Waals surface area (Å²) < 4.78 is 5.57. The number of fused-ring (bicyclic) bond motifs is 5. The van der Waals surface area contributed by atoms with E-state index in [1.165, 1.54) is 51.4 Å². The molecule has 2 nitrogen and oxygen atoms in total. The molecule has 2 heteroatoms. The van der Waals surface area contributed by atoms with Crippen molar-refractivity contribution in [3.63, 3.8) is 0 Å². The summed E-state index contributed by atoms with van der Waals surface area (Å²) in [5.41, 5.74) is 1.18. The highest BCUT2D eigenvalue weighted by molar-refractivity contribution is 5.66. The van der Waals surface area contributed by atoms with Crippen LogP contribution in [0, 0.1) is 34.5 Å². The minimum absolute atomic E-state index is 0.0910. The summed E-state index contributed by atoms with van der Waals surface area (Å²) in [4.78, 5) is 11.3. The van der Waals surface area contributed by atoms with Crippen molar-refractivity contribution in [2.75, 3.05) is 0 Å². The van der Waals surface area contributed by atoms with Gasteiger partial charge in [0.25, 0.3) is 0 Å². The predicted molar refractivity (Wildman–Crippen MR) is 91.9 cm³/mol. The fourth-order valence-electron chi connectivity index (χ4n) is 7.55. The number of esters is 1. The lowest BCUT2D eigenvalue weighted by Gasteiger charge is -2.60. The Balaban J connectivity index is 1.53. The summed E-state index contributed by atoms with van der Waals surface area (Å²) in [5.74, 6) is 3.63. The molecule has 7 atom stereocenters. The molecule has 0 aromatic carbocycles. The molecule has 0 saturated heterocycles. The lowest BCUT2D eigenvalue weighted by atomic mass is 9.45. The van der Waals surface area contributed by atoms with E-state index < -0.39 is 0 Å². The molecule has 0 N–H and O–H groups in total. The highest BCUT2D eigenvalue weighted by atomic mass is 16.5. The van der Waals surface area contributed by atoms with Crippen LogP contribution in [0.5, 0.6) is 0 Å². The molecule has 0 bridgehead atoms. The first-order valence-corrected chi connectivity index (χ1v) is 10.1. The molecule has 1 unspecified atom stereocenters. The molecule has 4 saturated carbocycles. The second-order valence-electron chi connectivity index (χ2n) is 9.75. The fraction of sp³-hybridized carbons (Fsp3) is 0.952. The molecular weight excluding hydrogens is 284 g/mol. The fourth-order valence-corrected chi connectivity index (χ4v) is 7.55. The molecule has 4 aliphatic rings. The predicted octanol–water partition coefficient (Wildman–Crippen LogP) is 5.35. The smallest absolute Gasteiger partial charge is 0.302 e. The van der Waals surface area contributed by atoms with Crippen LogP contribution in [0.1, 0.15) is 85.0 Å². The number of hydrogen-bond acceptors (Lipinski definition) is 2. The van der Waals surface area contributed by atoms with Crippen LogP contribution in [0.15, 0.2) is 0 Å². The van der Waals surface area contributed by atoms with E-state index in [4.69, 9.17) is 4.74 Å². The standard InChI is InChI=1S/C21H34O2/c1-14(22)23-16-8-12-21(3)15(13-16)6-7-17-18-5-4-10-20(18,2)11-9-19(17)21/h15-19H,4-13H2,1-3H3/t15-,16?,17-,18-,19-,20-,21-/m0/s1. The van der Waals surface area contributed by atoms with Gasteiger partial charge in [-0.15, -0.1) is 0 Å². The molecule has 4 fully saturated rings. The highest BCUT2D eigenvalue weighted by Gasteiger charge is 2.57. The van der Waals surface area contributed by atoms with Crippen molar-refractivity contribution in [1.29, 1.82) is 0 Å². The van der Waals surface area contributed by atoms with Crippen LogP contribution >= 0.6 is 0 Å². The molecule has 4 aliphatic carbocycles. The number of carbonyl (C=O) groups excluding carboxylic acids is 1. The average Bonchev–Trinajstić information content (AvgIpc) is 2.89. The van der Waals surface area contributed by atoms with Crippen molar-refractivity contribution in [2.24, 2.45) is 34.5 Å². The van der Waals surface area contributed by atoms with Gasteiger partial charge in [0, 0.05) is 6.92 Å². The first-order chi connectivity index (χ1) is 10.9. The second-order valence-corrected chi connectivity index (χ2v) is 9.75. The van der Waals surface area contributed by atoms with E-state index in [0.29, 0.717) is 10.8 Å². The highest BCUT2D eigenvalue weighted by Crippen LogP contribution is 2.66. The summed E-state index contributed by atoms with van der Waals surface area (Å²) in [7, 11) is 0. The topological polar surface area (TPSA) is 26.3 Å². The van der Waals surface area contributed by atoms with Crippen molar-refractivity contribution in [3.8, 4) is 0 Å². The maximum atomic E-state index is 11.3. The first-order valence-electron chi connectivity index (χ1n) is 10.1. The average molecular weight is 319 g/mol. The summed E-state index contributed by atoms with van der Waals surface area (Å²) in [5, 5.41) is 0. The van der Waals surface area contributed by atoms with E-state index in [1.54, 1.807) is 6.92 Å². The van der Waals surface area contributed by atoms with Crippen molar-refractivity contribution in [2.45, 2.75) is 91.1 Å². The number of rotatable bonds is 1. The third-order valence-corrected chi connectivity index (χ3v) is 8.73. The largest absolute Gasteiger partial charge is 0.463 e. The lowest BCUT2D eigenvalue weighted by Crippen LogP contribution is -2.53. The lowest BCUT2D eigenvalue weighted by molar-refractivity contribution is -0.159. The Hall–Kier alpha value is -0.530. The van der Waals surface area contributed by atoms with Crippen LogP contribution in [-0.4, -0.2) is 12.1 Å². The number of ether oxygens (including phenoxy) is 1. The normalized spacial score (nSPS) is 52.2. The first kappa shape index (κ1) is 16.0. The van der Waals surface area contributed by atoms with Crippen LogP contribution in [0.25, 0.3) is 0 Å². The third kappa shape index (κ3) is 2.46. The van der Waals surface area contributed by atoms with Crippen LogP contribution < -0.4 is 0 Å². The Kier molecular flexibility index (Phi) is 3.81. The number of carbonyl (C=O) groups is 1. The Bertz CT molecular complexity index is 486. The van der Waals surface area contributed by atoms with Crippen molar-refractivity contribution in [1.82, 2.24) is 0 Å². The van der Waals surface area contributed by atoms with Gasteiger partial charge in [0.2, 0.25) is 0 Å². The number of hydrogen-bond donors (Lipinski definition) is 0. The van der Waals surface area contributed by atoms with E-state index >= 15 is 0 Å². The van der Waals surface area contributed by atoms with Gasteiger partial charge < -0.3 is 4.74 Å². The molecule has 130 valence electrons. The SMILES string of the molecule is CC(=O)OC1CC[C@@]2(C)[C@@H](CC[C@H]3[C@@H]4CCC[C@@]4(C)CC[C@@H]32)C1. The van der Waals surface area contributed by atoms with Gasteiger partial charge in [0.1, 0.15) is 6.10 Å². The van der Waals surface area contributed by atoms with E-state index in [0.717, 1.165) is 36.5 Å². The summed E-state index contributed by atoms with van der Waals surface area (Å²) in [6, 6.07) is 0. The second kappa shape index (κ2) is 5.49. The van der Waals surface area contributed by atoms with Gasteiger partial charge in [0.05, 0.1) is 0 Å². The van der Waals surface area contributed by atoms with E-state index in [-0.39, 0.29) is 12.1 Å². The van der Waals surface area contributed by atoms with Gasteiger partial charge in [0.15, 0.2) is 0 Å². The Morgan fingerprint density at radius 1 is 0.957 bits per heavy atom. The third-order valence-electron chi connectivity index (χ3n) is 8.73.